The standard InChI is InChI=1S/C13H25N5/c1-2-8-17-10-4-13(5-11-17)14-6-3-9-18-12-7-15-16-18/h7,12-14H,2-6,8-11H2,1H3. The molecule has 0 unspecified atom stereocenters. The number of likely N-dealkylation sites (tertiary alicyclic amines) is 1. The summed E-state index contributed by atoms with van der Waals surface area (Å²) in [6.45, 7) is 8.08. The Hall–Kier alpha value is -0.940. The monoisotopic (exact) mass is 251 g/mol. The van der Waals surface area contributed by atoms with Gasteiger partial charge in [-0.15, -0.1) is 5.10 Å². The predicted molar refractivity (Wildman–Crippen MR) is 72.4 cm³/mol. The van der Waals surface area contributed by atoms with Crippen LogP contribution in [0.15, 0.2) is 12.4 Å². The molecule has 0 aromatic carbocycles. The van der Waals surface area contributed by atoms with Crippen LogP contribution >= 0.6 is 0 Å². The highest BCUT2D eigenvalue weighted by Gasteiger charge is 2.17. The van der Waals surface area contributed by atoms with Crippen LogP contribution in [0.5, 0.6) is 0 Å². The number of rotatable bonds is 7. The van der Waals surface area contributed by atoms with Gasteiger partial charge in [0, 0.05) is 18.8 Å². The zero-order valence-corrected chi connectivity index (χ0v) is 11.4. The third kappa shape index (κ3) is 4.38. The van der Waals surface area contributed by atoms with Crippen LogP contribution in [0.3, 0.4) is 0 Å². The number of aromatic nitrogens is 3. The van der Waals surface area contributed by atoms with Crippen molar-refractivity contribution in [3.05, 3.63) is 12.4 Å². The summed E-state index contributed by atoms with van der Waals surface area (Å²) >= 11 is 0. The van der Waals surface area contributed by atoms with Crippen LogP contribution in [-0.2, 0) is 6.54 Å². The molecule has 1 aliphatic heterocycles. The molecule has 0 radical (unpaired) electrons. The van der Waals surface area contributed by atoms with E-state index in [2.05, 4.69) is 27.5 Å². The Kier molecular flexibility index (Phi) is 5.61. The topological polar surface area (TPSA) is 46.0 Å². The van der Waals surface area contributed by atoms with E-state index in [-0.39, 0.29) is 0 Å². The molecular weight excluding hydrogens is 226 g/mol. The Morgan fingerprint density at radius 1 is 1.28 bits per heavy atom. The lowest BCUT2D eigenvalue weighted by Gasteiger charge is -2.32. The number of hydrogen-bond donors (Lipinski definition) is 1. The molecule has 0 amide bonds. The Balaban J connectivity index is 1.53. The van der Waals surface area contributed by atoms with Gasteiger partial charge in [-0.2, -0.15) is 0 Å². The van der Waals surface area contributed by atoms with Crippen LogP contribution in [0, 0.1) is 0 Å². The van der Waals surface area contributed by atoms with Crippen LogP contribution in [0.25, 0.3) is 0 Å². The SMILES string of the molecule is CCCN1CCC(NCCCn2ccnn2)CC1. The first-order chi connectivity index (χ1) is 8.88. The second kappa shape index (κ2) is 7.48. The first-order valence-corrected chi connectivity index (χ1v) is 7.18. The minimum absolute atomic E-state index is 0.717. The zero-order valence-electron chi connectivity index (χ0n) is 11.4. The minimum Gasteiger partial charge on any atom is -0.314 e. The maximum atomic E-state index is 3.96. The van der Waals surface area contributed by atoms with Gasteiger partial charge in [0.1, 0.15) is 0 Å². The molecule has 1 saturated heterocycles. The second-order valence-corrected chi connectivity index (χ2v) is 5.09. The van der Waals surface area contributed by atoms with Gasteiger partial charge < -0.3 is 10.2 Å². The highest BCUT2D eigenvalue weighted by atomic mass is 15.4. The highest BCUT2D eigenvalue weighted by molar-refractivity contribution is 4.76. The molecule has 1 N–H and O–H groups in total. The predicted octanol–water partition coefficient (Wildman–Crippen LogP) is 1.13. The molecule has 1 aliphatic rings. The summed E-state index contributed by atoms with van der Waals surface area (Å²) < 4.78 is 1.89. The molecule has 5 heteroatoms. The number of piperidine rings is 1. The van der Waals surface area contributed by atoms with Gasteiger partial charge in [0.25, 0.3) is 0 Å². The quantitative estimate of drug-likeness (QED) is 0.738. The molecule has 1 aromatic rings. The van der Waals surface area contributed by atoms with Crippen molar-refractivity contribution in [3.8, 4) is 0 Å². The van der Waals surface area contributed by atoms with Crippen molar-refractivity contribution in [1.29, 1.82) is 0 Å². The van der Waals surface area contributed by atoms with E-state index >= 15 is 0 Å². The molecular formula is C13H25N5. The normalized spacial score (nSPS) is 18.3. The Morgan fingerprint density at radius 2 is 2.11 bits per heavy atom. The lowest BCUT2D eigenvalue weighted by Crippen LogP contribution is -2.43. The third-order valence-corrected chi connectivity index (χ3v) is 3.60. The van der Waals surface area contributed by atoms with Crippen molar-refractivity contribution in [1.82, 2.24) is 25.2 Å². The van der Waals surface area contributed by atoms with E-state index in [0.29, 0.717) is 6.04 Å². The number of nitrogens with zero attached hydrogens (tertiary/aromatic N) is 4. The van der Waals surface area contributed by atoms with E-state index in [1.54, 1.807) is 6.20 Å². The molecule has 0 spiro atoms. The van der Waals surface area contributed by atoms with E-state index < -0.39 is 0 Å². The average molecular weight is 251 g/mol. The minimum atomic E-state index is 0.717. The van der Waals surface area contributed by atoms with Gasteiger partial charge in [0.2, 0.25) is 0 Å². The summed E-state index contributed by atoms with van der Waals surface area (Å²) in [6.07, 6.45) is 8.64. The van der Waals surface area contributed by atoms with E-state index in [0.717, 1.165) is 19.5 Å². The van der Waals surface area contributed by atoms with Crippen LogP contribution in [0.1, 0.15) is 32.6 Å². The molecule has 1 fully saturated rings. The van der Waals surface area contributed by atoms with Crippen LogP contribution in [0.4, 0.5) is 0 Å². The van der Waals surface area contributed by atoms with Gasteiger partial charge in [-0.1, -0.05) is 12.1 Å². The van der Waals surface area contributed by atoms with Gasteiger partial charge in [-0.3, -0.25) is 4.68 Å². The molecule has 18 heavy (non-hydrogen) atoms. The van der Waals surface area contributed by atoms with Gasteiger partial charge >= 0.3 is 0 Å². The third-order valence-electron chi connectivity index (χ3n) is 3.60. The molecule has 0 aliphatic carbocycles. The summed E-state index contributed by atoms with van der Waals surface area (Å²) in [5, 5.41) is 11.4. The lowest BCUT2D eigenvalue weighted by atomic mass is 10.0. The Bertz CT molecular complexity index is 303. The van der Waals surface area contributed by atoms with Crippen molar-refractivity contribution in [3.63, 3.8) is 0 Å². The van der Waals surface area contributed by atoms with Crippen molar-refractivity contribution in [2.24, 2.45) is 0 Å². The molecule has 2 heterocycles. The van der Waals surface area contributed by atoms with E-state index in [4.69, 9.17) is 0 Å². The summed E-state index contributed by atoms with van der Waals surface area (Å²) in [5.74, 6) is 0. The van der Waals surface area contributed by atoms with Crippen molar-refractivity contribution < 1.29 is 0 Å². The molecule has 0 atom stereocenters. The van der Waals surface area contributed by atoms with Crippen LogP contribution in [0.2, 0.25) is 0 Å². The molecule has 2 rings (SSSR count). The van der Waals surface area contributed by atoms with Crippen molar-refractivity contribution in [2.75, 3.05) is 26.2 Å². The van der Waals surface area contributed by atoms with E-state index in [1.165, 1.54) is 38.9 Å². The fourth-order valence-electron chi connectivity index (χ4n) is 2.58. The highest BCUT2D eigenvalue weighted by Crippen LogP contribution is 2.10. The second-order valence-electron chi connectivity index (χ2n) is 5.09. The van der Waals surface area contributed by atoms with E-state index in [9.17, 15) is 0 Å². The summed E-state index contributed by atoms with van der Waals surface area (Å²) in [4.78, 5) is 2.58. The maximum absolute atomic E-state index is 3.96. The molecule has 0 bridgehead atoms. The molecule has 102 valence electrons. The maximum Gasteiger partial charge on any atom is 0.0692 e. The van der Waals surface area contributed by atoms with Gasteiger partial charge in [0.05, 0.1) is 6.20 Å². The van der Waals surface area contributed by atoms with Gasteiger partial charge in [-0.25, -0.2) is 0 Å². The largest absolute Gasteiger partial charge is 0.314 e. The molecule has 0 saturated carbocycles. The fraction of sp³-hybridized carbons (Fsp3) is 0.846. The fourth-order valence-corrected chi connectivity index (χ4v) is 2.58. The number of nitrogens with one attached hydrogen (secondary N) is 1. The van der Waals surface area contributed by atoms with Gasteiger partial charge in [0.15, 0.2) is 0 Å². The van der Waals surface area contributed by atoms with Gasteiger partial charge in [-0.05, 0) is 51.9 Å². The molecule has 5 nitrogen and oxygen atoms in total. The molecule has 1 aromatic heterocycles. The Morgan fingerprint density at radius 3 is 2.78 bits per heavy atom. The first kappa shape index (κ1) is 13.5. The summed E-state index contributed by atoms with van der Waals surface area (Å²) in [6, 6.07) is 0.717. The zero-order chi connectivity index (χ0) is 12.6. The summed E-state index contributed by atoms with van der Waals surface area (Å²) in [7, 11) is 0. The van der Waals surface area contributed by atoms with Crippen molar-refractivity contribution in [2.45, 2.75) is 45.2 Å². The Labute approximate surface area is 110 Å². The smallest absolute Gasteiger partial charge is 0.0692 e. The summed E-state index contributed by atoms with van der Waals surface area (Å²) in [5.41, 5.74) is 0. The lowest BCUT2D eigenvalue weighted by molar-refractivity contribution is 0.198. The number of aryl methyl sites for hydroxylation is 1. The average Bonchev–Trinajstić information content (AvgIpc) is 2.90. The van der Waals surface area contributed by atoms with E-state index in [1.807, 2.05) is 10.9 Å². The van der Waals surface area contributed by atoms with Crippen LogP contribution < -0.4 is 5.32 Å². The van der Waals surface area contributed by atoms with Crippen LogP contribution in [-0.4, -0.2) is 52.1 Å². The van der Waals surface area contributed by atoms with Crippen molar-refractivity contribution >= 4 is 0 Å². The number of hydrogen-bond acceptors (Lipinski definition) is 4. The first-order valence-electron chi connectivity index (χ1n) is 7.18.